The van der Waals surface area contributed by atoms with Gasteiger partial charge < -0.3 is 9.94 Å². The van der Waals surface area contributed by atoms with Gasteiger partial charge >= 0.3 is 0 Å². The topological polar surface area (TPSA) is 41.8 Å². The molecule has 0 amide bonds. The van der Waals surface area contributed by atoms with E-state index in [4.69, 9.17) is 9.94 Å². The van der Waals surface area contributed by atoms with Crippen molar-refractivity contribution >= 4 is 6.21 Å². The molecule has 0 saturated heterocycles. The van der Waals surface area contributed by atoms with E-state index in [0.29, 0.717) is 6.61 Å². The fraction of sp³-hybridized carbons (Fsp3) is 0.458. The zero-order valence-electron chi connectivity index (χ0n) is 17.4. The maximum atomic E-state index is 8.93. The third kappa shape index (κ3) is 3.60. The standard InChI is InChI=1S/C24H31NO2/c1-7-27-22-9-8-17(15-25-26)13-19(22)18-14-21-20(12-16(18)2)23(3,4)10-11-24(21,5)6/h8-9,12-15,26H,7,10-11H2,1-6H3/b25-15+. The molecule has 2 aromatic carbocycles. The van der Waals surface area contributed by atoms with E-state index < -0.39 is 0 Å². The van der Waals surface area contributed by atoms with Gasteiger partial charge in [-0.15, -0.1) is 0 Å². The van der Waals surface area contributed by atoms with Crippen LogP contribution in [0.3, 0.4) is 0 Å². The molecule has 2 aromatic rings. The van der Waals surface area contributed by atoms with Crippen LogP contribution in [0.5, 0.6) is 5.75 Å². The highest BCUT2D eigenvalue weighted by Crippen LogP contribution is 2.48. The van der Waals surface area contributed by atoms with Gasteiger partial charge in [0.1, 0.15) is 5.75 Å². The van der Waals surface area contributed by atoms with Crippen molar-refractivity contribution in [1.29, 1.82) is 0 Å². The molecule has 0 aliphatic heterocycles. The van der Waals surface area contributed by atoms with Crippen molar-refractivity contribution in [3.8, 4) is 16.9 Å². The van der Waals surface area contributed by atoms with E-state index in [2.05, 4.69) is 51.9 Å². The molecule has 1 N–H and O–H groups in total. The van der Waals surface area contributed by atoms with Crippen LogP contribution in [0, 0.1) is 6.92 Å². The van der Waals surface area contributed by atoms with Gasteiger partial charge in [-0.3, -0.25) is 0 Å². The molecule has 1 aliphatic rings. The smallest absolute Gasteiger partial charge is 0.127 e. The molecule has 0 bridgehead atoms. The first kappa shape index (κ1) is 19.5. The average molecular weight is 366 g/mol. The first-order valence-corrected chi connectivity index (χ1v) is 9.80. The van der Waals surface area contributed by atoms with Crippen LogP contribution in [0.25, 0.3) is 11.1 Å². The van der Waals surface area contributed by atoms with Crippen LogP contribution < -0.4 is 4.74 Å². The Morgan fingerprint density at radius 1 is 1.00 bits per heavy atom. The van der Waals surface area contributed by atoms with E-state index in [1.165, 1.54) is 41.3 Å². The van der Waals surface area contributed by atoms with Crippen LogP contribution in [0.15, 0.2) is 35.5 Å². The maximum Gasteiger partial charge on any atom is 0.127 e. The Morgan fingerprint density at radius 3 is 2.22 bits per heavy atom. The van der Waals surface area contributed by atoms with Crippen molar-refractivity contribution in [3.05, 3.63) is 52.6 Å². The Balaban J connectivity index is 2.25. The van der Waals surface area contributed by atoms with Gasteiger partial charge in [0.05, 0.1) is 12.8 Å². The fourth-order valence-electron chi connectivity index (χ4n) is 4.20. The summed E-state index contributed by atoms with van der Waals surface area (Å²) in [6, 6.07) is 10.6. The van der Waals surface area contributed by atoms with Gasteiger partial charge in [-0.05, 0) is 89.6 Å². The predicted molar refractivity (Wildman–Crippen MR) is 112 cm³/mol. The summed E-state index contributed by atoms with van der Waals surface area (Å²) in [7, 11) is 0. The number of nitrogens with zero attached hydrogens (tertiary/aromatic N) is 1. The highest BCUT2D eigenvalue weighted by Gasteiger charge is 2.37. The highest BCUT2D eigenvalue weighted by molar-refractivity contribution is 5.85. The Labute approximate surface area is 163 Å². The third-order valence-electron chi connectivity index (χ3n) is 6.00. The van der Waals surface area contributed by atoms with Crippen LogP contribution in [-0.4, -0.2) is 18.0 Å². The number of aryl methyl sites for hydroxylation is 1. The molecule has 0 spiro atoms. The molecule has 144 valence electrons. The summed E-state index contributed by atoms with van der Waals surface area (Å²) >= 11 is 0. The second-order valence-corrected chi connectivity index (χ2v) is 8.91. The monoisotopic (exact) mass is 365 g/mol. The minimum Gasteiger partial charge on any atom is -0.493 e. The molecule has 27 heavy (non-hydrogen) atoms. The van der Waals surface area contributed by atoms with E-state index in [9.17, 15) is 0 Å². The van der Waals surface area contributed by atoms with Gasteiger partial charge in [0.2, 0.25) is 0 Å². The van der Waals surface area contributed by atoms with E-state index >= 15 is 0 Å². The van der Waals surface area contributed by atoms with Gasteiger partial charge in [0.15, 0.2) is 0 Å². The van der Waals surface area contributed by atoms with E-state index in [0.717, 1.165) is 16.9 Å². The van der Waals surface area contributed by atoms with Crippen LogP contribution in [-0.2, 0) is 10.8 Å². The van der Waals surface area contributed by atoms with Gasteiger partial charge in [0.25, 0.3) is 0 Å². The van der Waals surface area contributed by atoms with E-state index in [1.54, 1.807) is 0 Å². The second kappa shape index (κ2) is 7.03. The number of hydrogen-bond acceptors (Lipinski definition) is 3. The molecule has 3 heteroatoms. The quantitative estimate of drug-likeness (QED) is 0.397. The molecule has 3 rings (SSSR count). The lowest BCUT2D eigenvalue weighted by Crippen LogP contribution is -2.34. The molecule has 1 aliphatic carbocycles. The number of oxime groups is 1. The molecular formula is C24H31NO2. The van der Waals surface area contributed by atoms with Gasteiger partial charge in [-0.25, -0.2) is 0 Å². The summed E-state index contributed by atoms with van der Waals surface area (Å²) in [6.45, 7) is 14.2. The molecule has 0 unspecified atom stereocenters. The Hall–Kier alpha value is -2.29. The molecular weight excluding hydrogens is 334 g/mol. The third-order valence-corrected chi connectivity index (χ3v) is 6.00. The zero-order chi connectivity index (χ0) is 19.8. The van der Waals surface area contributed by atoms with Crippen molar-refractivity contribution in [1.82, 2.24) is 0 Å². The normalized spacial score (nSPS) is 17.7. The van der Waals surface area contributed by atoms with Crippen molar-refractivity contribution in [3.63, 3.8) is 0 Å². The van der Waals surface area contributed by atoms with Crippen molar-refractivity contribution in [2.75, 3.05) is 6.61 Å². The lowest BCUT2D eigenvalue weighted by atomic mass is 9.62. The number of fused-ring (bicyclic) bond motifs is 1. The van der Waals surface area contributed by atoms with Crippen LogP contribution >= 0.6 is 0 Å². The predicted octanol–water partition coefficient (Wildman–Crippen LogP) is 6.22. The molecule has 0 heterocycles. The molecule has 0 aromatic heterocycles. The summed E-state index contributed by atoms with van der Waals surface area (Å²) in [5.74, 6) is 0.864. The first-order valence-electron chi connectivity index (χ1n) is 9.80. The Kier molecular flexibility index (Phi) is 5.07. The van der Waals surface area contributed by atoms with Crippen LogP contribution in [0.1, 0.15) is 69.7 Å². The summed E-state index contributed by atoms with van der Waals surface area (Å²) in [6.07, 6.45) is 3.85. The number of rotatable bonds is 4. The highest BCUT2D eigenvalue weighted by atomic mass is 16.5. The maximum absolute atomic E-state index is 8.93. The van der Waals surface area contributed by atoms with Gasteiger partial charge in [0, 0.05) is 5.56 Å². The summed E-state index contributed by atoms with van der Waals surface area (Å²) in [5, 5.41) is 12.1. The van der Waals surface area contributed by atoms with Crippen molar-refractivity contribution < 1.29 is 9.94 Å². The Bertz CT molecular complexity index is 878. The number of ether oxygens (including phenoxy) is 1. The largest absolute Gasteiger partial charge is 0.493 e. The molecule has 0 saturated carbocycles. The zero-order valence-corrected chi connectivity index (χ0v) is 17.4. The minimum absolute atomic E-state index is 0.156. The van der Waals surface area contributed by atoms with Gasteiger partial charge in [-0.1, -0.05) is 38.9 Å². The molecule has 3 nitrogen and oxygen atoms in total. The van der Waals surface area contributed by atoms with Gasteiger partial charge in [-0.2, -0.15) is 0 Å². The van der Waals surface area contributed by atoms with E-state index in [-0.39, 0.29) is 10.8 Å². The van der Waals surface area contributed by atoms with Crippen molar-refractivity contribution in [2.45, 2.75) is 65.2 Å². The van der Waals surface area contributed by atoms with Crippen LogP contribution in [0.2, 0.25) is 0 Å². The second-order valence-electron chi connectivity index (χ2n) is 8.91. The van der Waals surface area contributed by atoms with E-state index in [1.807, 2.05) is 25.1 Å². The average Bonchev–Trinajstić information content (AvgIpc) is 2.61. The number of hydrogen-bond donors (Lipinski definition) is 1. The minimum atomic E-state index is 0.156. The number of benzene rings is 2. The lowest BCUT2D eigenvalue weighted by molar-refractivity contribution is 0.322. The summed E-state index contributed by atoms with van der Waals surface area (Å²) in [4.78, 5) is 0. The molecule has 0 fully saturated rings. The Morgan fingerprint density at radius 2 is 1.63 bits per heavy atom. The summed E-state index contributed by atoms with van der Waals surface area (Å²) in [5.41, 5.74) is 7.59. The molecule has 0 atom stereocenters. The summed E-state index contributed by atoms with van der Waals surface area (Å²) < 4.78 is 5.91. The van der Waals surface area contributed by atoms with Crippen LogP contribution in [0.4, 0.5) is 0 Å². The fourth-order valence-corrected chi connectivity index (χ4v) is 4.20. The molecule has 0 radical (unpaired) electrons. The SMILES string of the molecule is CCOc1ccc(/C=N/O)cc1-c1cc2c(cc1C)C(C)(C)CCC2(C)C. The first-order chi connectivity index (χ1) is 12.7. The van der Waals surface area contributed by atoms with Crippen molar-refractivity contribution in [2.24, 2.45) is 5.16 Å². The lowest BCUT2D eigenvalue weighted by Gasteiger charge is -2.42.